The summed E-state index contributed by atoms with van der Waals surface area (Å²) in [6.07, 6.45) is 3.01. The molecule has 1 aromatic rings. The van der Waals surface area contributed by atoms with Gasteiger partial charge in [-0.05, 0) is 25.8 Å². The fraction of sp³-hybridized carbons (Fsp3) is 0.600. The predicted octanol–water partition coefficient (Wildman–Crippen LogP) is 1.96. The van der Waals surface area contributed by atoms with Crippen molar-refractivity contribution in [2.75, 3.05) is 5.88 Å². The number of rotatable bonds is 5. The summed E-state index contributed by atoms with van der Waals surface area (Å²) in [7, 11) is 0. The minimum Gasteiger partial charge on any atom is -0.268 e. The van der Waals surface area contributed by atoms with Crippen LogP contribution in [-0.4, -0.2) is 15.7 Å². The maximum atomic E-state index is 11.3. The normalized spacial score (nSPS) is 10.4. The summed E-state index contributed by atoms with van der Waals surface area (Å²) in [5, 5.41) is 4.14. The average Bonchev–Trinajstić information content (AvgIpc) is 2.18. The first-order chi connectivity index (χ1) is 6.74. The zero-order chi connectivity index (χ0) is 10.4. The lowest BCUT2D eigenvalue weighted by atomic mass is 10.2. The summed E-state index contributed by atoms with van der Waals surface area (Å²) >= 11 is 5.56. The van der Waals surface area contributed by atoms with Crippen molar-refractivity contribution in [2.24, 2.45) is 0 Å². The van der Waals surface area contributed by atoms with Crippen LogP contribution in [0.4, 0.5) is 0 Å². The monoisotopic (exact) mass is 214 g/mol. The van der Waals surface area contributed by atoms with E-state index in [1.165, 1.54) is 4.68 Å². The van der Waals surface area contributed by atoms with Gasteiger partial charge in [0, 0.05) is 18.5 Å². The molecule has 0 saturated heterocycles. The topological polar surface area (TPSA) is 34.9 Å². The van der Waals surface area contributed by atoms with Gasteiger partial charge in [0.2, 0.25) is 0 Å². The van der Waals surface area contributed by atoms with E-state index in [1.807, 2.05) is 6.92 Å². The largest absolute Gasteiger partial charge is 0.268 e. The molecule has 0 bridgehead atoms. The average molecular weight is 215 g/mol. The number of aryl methyl sites for hydroxylation is 2. The predicted molar refractivity (Wildman–Crippen MR) is 57.8 cm³/mol. The van der Waals surface area contributed by atoms with Crippen LogP contribution < -0.4 is 5.56 Å². The Morgan fingerprint density at radius 1 is 1.36 bits per heavy atom. The number of hydrogen-bond donors (Lipinski definition) is 0. The molecule has 14 heavy (non-hydrogen) atoms. The van der Waals surface area contributed by atoms with Gasteiger partial charge < -0.3 is 0 Å². The van der Waals surface area contributed by atoms with Crippen LogP contribution in [0, 0.1) is 6.92 Å². The Morgan fingerprint density at radius 3 is 2.86 bits per heavy atom. The van der Waals surface area contributed by atoms with Crippen molar-refractivity contribution >= 4 is 11.6 Å². The molecule has 0 aromatic carbocycles. The maximum Gasteiger partial charge on any atom is 0.266 e. The molecule has 1 rings (SSSR count). The van der Waals surface area contributed by atoms with E-state index >= 15 is 0 Å². The van der Waals surface area contributed by atoms with Gasteiger partial charge in [-0.1, -0.05) is 6.42 Å². The summed E-state index contributed by atoms with van der Waals surface area (Å²) in [5.74, 6) is 0.691. The van der Waals surface area contributed by atoms with Crippen LogP contribution in [0.15, 0.2) is 16.9 Å². The van der Waals surface area contributed by atoms with Crippen molar-refractivity contribution in [3.8, 4) is 0 Å². The van der Waals surface area contributed by atoms with E-state index in [-0.39, 0.29) is 5.56 Å². The third-order valence-electron chi connectivity index (χ3n) is 2.00. The van der Waals surface area contributed by atoms with E-state index in [4.69, 9.17) is 11.6 Å². The summed E-state index contributed by atoms with van der Waals surface area (Å²) in [6.45, 7) is 2.58. The number of nitrogens with zero attached hydrogens (tertiary/aromatic N) is 2. The number of unbranched alkanes of at least 4 members (excludes halogenated alkanes) is 2. The SMILES string of the molecule is Cc1ccc(=O)n(CCCCCCl)n1. The van der Waals surface area contributed by atoms with E-state index < -0.39 is 0 Å². The highest BCUT2D eigenvalue weighted by molar-refractivity contribution is 6.17. The zero-order valence-corrected chi connectivity index (χ0v) is 9.13. The lowest BCUT2D eigenvalue weighted by Gasteiger charge is -2.03. The van der Waals surface area contributed by atoms with Crippen molar-refractivity contribution in [3.63, 3.8) is 0 Å². The molecule has 3 nitrogen and oxygen atoms in total. The van der Waals surface area contributed by atoms with E-state index in [0.717, 1.165) is 25.0 Å². The third kappa shape index (κ3) is 3.50. The molecule has 0 radical (unpaired) electrons. The van der Waals surface area contributed by atoms with E-state index in [1.54, 1.807) is 12.1 Å². The molecule has 0 aliphatic carbocycles. The van der Waals surface area contributed by atoms with E-state index in [2.05, 4.69) is 5.10 Å². The number of halogens is 1. The van der Waals surface area contributed by atoms with Crippen molar-refractivity contribution < 1.29 is 0 Å². The molecule has 0 aliphatic heterocycles. The lowest BCUT2D eigenvalue weighted by Crippen LogP contribution is -2.22. The maximum absolute atomic E-state index is 11.3. The van der Waals surface area contributed by atoms with Crippen molar-refractivity contribution in [1.29, 1.82) is 0 Å². The summed E-state index contributed by atoms with van der Waals surface area (Å²) in [6, 6.07) is 3.29. The van der Waals surface area contributed by atoms with Crippen LogP contribution in [0.1, 0.15) is 25.0 Å². The molecule has 1 aromatic heterocycles. The van der Waals surface area contributed by atoms with E-state index in [9.17, 15) is 4.79 Å². The van der Waals surface area contributed by atoms with Gasteiger partial charge in [0.15, 0.2) is 0 Å². The van der Waals surface area contributed by atoms with Crippen molar-refractivity contribution in [3.05, 3.63) is 28.2 Å². The first kappa shape index (κ1) is 11.2. The highest BCUT2D eigenvalue weighted by Gasteiger charge is 1.97. The van der Waals surface area contributed by atoms with Crippen LogP contribution >= 0.6 is 11.6 Å². The molecule has 0 aliphatic rings. The molecular formula is C10H15ClN2O. The van der Waals surface area contributed by atoms with Crippen LogP contribution in [0.25, 0.3) is 0 Å². The standard InChI is InChI=1S/C10H15ClN2O/c1-9-5-6-10(14)13(12-9)8-4-2-3-7-11/h5-6H,2-4,7-8H2,1H3. The second-order valence-corrected chi connectivity index (χ2v) is 3.66. The second kappa shape index (κ2) is 5.81. The number of alkyl halides is 1. The Kier molecular flexibility index (Phi) is 4.66. The van der Waals surface area contributed by atoms with Gasteiger partial charge in [0.25, 0.3) is 5.56 Å². The molecule has 0 atom stereocenters. The van der Waals surface area contributed by atoms with Gasteiger partial charge in [-0.3, -0.25) is 4.79 Å². The van der Waals surface area contributed by atoms with Gasteiger partial charge in [0.1, 0.15) is 0 Å². The van der Waals surface area contributed by atoms with Crippen molar-refractivity contribution in [2.45, 2.75) is 32.7 Å². The zero-order valence-electron chi connectivity index (χ0n) is 8.37. The molecule has 78 valence electrons. The smallest absolute Gasteiger partial charge is 0.266 e. The second-order valence-electron chi connectivity index (χ2n) is 3.29. The fourth-order valence-corrected chi connectivity index (χ4v) is 1.43. The Bertz CT molecular complexity index is 335. The van der Waals surface area contributed by atoms with Gasteiger partial charge >= 0.3 is 0 Å². The minimum absolute atomic E-state index is 0.0264. The third-order valence-corrected chi connectivity index (χ3v) is 2.27. The van der Waals surface area contributed by atoms with Crippen LogP contribution in [0.5, 0.6) is 0 Å². The van der Waals surface area contributed by atoms with Crippen LogP contribution in [0.2, 0.25) is 0 Å². The van der Waals surface area contributed by atoms with Crippen molar-refractivity contribution in [1.82, 2.24) is 9.78 Å². The molecule has 0 spiro atoms. The first-order valence-electron chi connectivity index (χ1n) is 4.85. The Labute approximate surface area is 88.7 Å². The molecule has 0 amide bonds. The Balaban J connectivity index is 2.49. The van der Waals surface area contributed by atoms with Gasteiger partial charge in [-0.25, -0.2) is 4.68 Å². The summed E-state index contributed by atoms with van der Waals surface area (Å²) in [4.78, 5) is 11.3. The Hall–Kier alpha value is -0.830. The van der Waals surface area contributed by atoms with E-state index in [0.29, 0.717) is 12.4 Å². The molecule has 0 fully saturated rings. The molecule has 1 heterocycles. The van der Waals surface area contributed by atoms with Crippen LogP contribution in [0.3, 0.4) is 0 Å². The van der Waals surface area contributed by atoms with Gasteiger partial charge in [-0.2, -0.15) is 5.10 Å². The first-order valence-corrected chi connectivity index (χ1v) is 5.38. The summed E-state index contributed by atoms with van der Waals surface area (Å²) in [5.41, 5.74) is 0.850. The molecule has 0 N–H and O–H groups in total. The molecule has 4 heteroatoms. The molecule has 0 unspecified atom stereocenters. The Morgan fingerprint density at radius 2 is 2.14 bits per heavy atom. The number of hydrogen-bond acceptors (Lipinski definition) is 2. The lowest BCUT2D eigenvalue weighted by molar-refractivity contribution is 0.524. The van der Waals surface area contributed by atoms with Gasteiger partial charge in [0.05, 0.1) is 5.69 Å². The van der Waals surface area contributed by atoms with Gasteiger partial charge in [-0.15, -0.1) is 11.6 Å². The highest BCUT2D eigenvalue weighted by Crippen LogP contribution is 1.98. The molecular weight excluding hydrogens is 200 g/mol. The van der Waals surface area contributed by atoms with Crippen LogP contribution in [-0.2, 0) is 6.54 Å². The minimum atomic E-state index is -0.0264. The number of aromatic nitrogens is 2. The quantitative estimate of drug-likeness (QED) is 0.555. The summed E-state index contributed by atoms with van der Waals surface area (Å²) < 4.78 is 1.52. The molecule has 0 saturated carbocycles. The fourth-order valence-electron chi connectivity index (χ4n) is 1.24. The highest BCUT2D eigenvalue weighted by atomic mass is 35.5.